The molecule has 2 aromatic carbocycles. The van der Waals surface area contributed by atoms with Gasteiger partial charge in [0.05, 0.1) is 5.69 Å². The van der Waals surface area contributed by atoms with E-state index in [2.05, 4.69) is 10.0 Å². The maximum absolute atomic E-state index is 14.9. The maximum Gasteiger partial charge on any atom is 0.325 e. The molecule has 9 heteroatoms. The molecule has 2 atom stereocenters. The van der Waals surface area contributed by atoms with Gasteiger partial charge in [-0.05, 0) is 82.0 Å². The van der Waals surface area contributed by atoms with E-state index in [4.69, 9.17) is 16.3 Å². The number of hydrogen-bond donors (Lipinski definition) is 2. The fourth-order valence-electron chi connectivity index (χ4n) is 3.55. The second-order valence-corrected chi connectivity index (χ2v) is 11.3. The molecule has 0 aliphatic heterocycles. The van der Waals surface area contributed by atoms with Gasteiger partial charge in [-0.3, -0.25) is 4.79 Å². The van der Waals surface area contributed by atoms with Crippen molar-refractivity contribution in [2.75, 3.05) is 12.4 Å². The molecule has 2 aromatic rings. The fraction of sp³-hybridized carbons (Fsp3) is 0.458. The third-order valence-corrected chi connectivity index (χ3v) is 7.34. The highest BCUT2D eigenvalue weighted by molar-refractivity contribution is 7.89. The molecule has 0 aliphatic carbocycles. The number of benzene rings is 2. The molecule has 0 spiro atoms. The molecule has 2 N–H and O–H groups in total. The summed E-state index contributed by atoms with van der Waals surface area (Å²) in [5.41, 5.74) is 1.69. The minimum atomic E-state index is -4.23. The van der Waals surface area contributed by atoms with Crippen LogP contribution in [0.2, 0.25) is 5.02 Å². The van der Waals surface area contributed by atoms with Gasteiger partial charge >= 0.3 is 5.97 Å². The number of sulfonamides is 1. The topological polar surface area (TPSA) is 84.5 Å². The monoisotopic (exact) mass is 498 g/mol. The van der Waals surface area contributed by atoms with Crippen LogP contribution in [0.3, 0.4) is 0 Å². The van der Waals surface area contributed by atoms with E-state index in [1.165, 1.54) is 18.2 Å². The zero-order valence-electron chi connectivity index (χ0n) is 20.3. The van der Waals surface area contributed by atoms with E-state index in [9.17, 15) is 17.6 Å². The molecule has 6 nitrogen and oxygen atoms in total. The predicted octanol–water partition coefficient (Wildman–Crippen LogP) is 5.24. The van der Waals surface area contributed by atoms with Crippen LogP contribution in [0, 0.1) is 26.6 Å². The second-order valence-electron chi connectivity index (χ2n) is 9.17. The largest absolute Gasteiger partial charge is 0.459 e. The smallest absolute Gasteiger partial charge is 0.325 e. The van der Waals surface area contributed by atoms with Crippen molar-refractivity contribution < 1.29 is 22.3 Å². The highest BCUT2D eigenvalue weighted by Gasteiger charge is 2.37. The van der Waals surface area contributed by atoms with Crippen LogP contribution in [-0.2, 0) is 19.6 Å². The molecule has 182 valence electrons. The summed E-state index contributed by atoms with van der Waals surface area (Å²) in [4.78, 5) is 13.1. The molecule has 0 radical (unpaired) electrons. The molecule has 0 heterocycles. The van der Waals surface area contributed by atoms with Gasteiger partial charge in [-0.15, -0.1) is 0 Å². The number of carbonyl (C=O) groups is 1. The van der Waals surface area contributed by atoms with Gasteiger partial charge in [-0.1, -0.05) is 24.6 Å². The Balaban J connectivity index is 2.62. The van der Waals surface area contributed by atoms with Crippen molar-refractivity contribution in [3.63, 3.8) is 0 Å². The van der Waals surface area contributed by atoms with E-state index in [-0.39, 0.29) is 16.1 Å². The number of anilines is 1. The Hall–Kier alpha value is -2.16. The number of hydrogen-bond acceptors (Lipinski definition) is 5. The number of nitrogens with one attached hydrogen (secondary N) is 2. The quantitative estimate of drug-likeness (QED) is 0.510. The Morgan fingerprint density at radius 1 is 1.12 bits per heavy atom. The Bertz CT molecular complexity index is 1160. The molecule has 0 bridgehead atoms. The standard InChI is InChI=1S/C24H32ClFN2O4S/c1-13-9-10-18(26)21(15(13)3)16(4)22(23(29)32-24(5,6)7)28-33(30,31)20-11-14(2)17(25)12-19(20)27-8/h9-12,16,22,27-28H,1-8H3/t16?,22-/m0/s1. The molecule has 0 fully saturated rings. The van der Waals surface area contributed by atoms with E-state index in [0.717, 1.165) is 5.56 Å². The number of halogens is 2. The summed E-state index contributed by atoms with van der Waals surface area (Å²) >= 11 is 6.15. The van der Waals surface area contributed by atoms with Crippen molar-refractivity contribution in [3.05, 3.63) is 57.4 Å². The molecule has 0 saturated heterocycles. The van der Waals surface area contributed by atoms with Crippen LogP contribution in [0.5, 0.6) is 0 Å². The molecular formula is C24H32ClFN2O4S. The van der Waals surface area contributed by atoms with Gasteiger partial charge in [0.15, 0.2) is 0 Å². The highest BCUT2D eigenvalue weighted by Crippen LogP contribution is 2.32. The number of carbonyl (C=O) groups excluding carboxylic acids is 1. The van der Waals surface area contributed by atoms with Gasteiger partial charge in [-0.2, -0.15) is 4.72 Å². The van der Waals surface area contributed by atoms with Crippen LogP contribution >= 0.6 is 11.6 Å². The van der Waals surface area contributed by atoms with Crippen LogP contribution in [0.4, 0.5) is 10.1 Å². The van der Waals surface area contributed by atoms with E-state index in [1.54, 1.807) is 54.7 Å². The lowest BCUT2D eigenvalue weighted by atomic mass is 9.88. The summed E-state index contributed by atoms with van der Waals surface area (Å²) in [6.07, 6.45) is 0. The zero-order valence-corrected chi connectivity index (χ0v) is 21.8. The Morgan fingerprint density at radius 3 is 2.27 bits per heavy atom. The van der Waals surface area contributed by atoms with E-state index >= 15 is 0 Å². The average Bonchev–Trinajstić information content (AvgIpc) is 2.69. The van der Waals surface area contributed by atoms with Crippen molar-refractivity contribution >= 4 is 33.3 Å². The summed E-state index contributed by atoms with van der Waals surface area (Å²) in [6, 6.07) is 4.51. The molecule has 0 aromatic heterocycles. The third-order valence-electron chi connectivity index (χ3n) is 5.45. The number of esters is 1. The first-order chi connectivity index (χ1) is 15.1. The van der Waals surface area contributed by atoms with Crippen molar-refractivity contribution in [2.24, 2.45) is 0 Å². The average molecular weight is 499 g/mol. The first kappa shape index (κ1) is 27.1. The SMILES string of the molecule is CNc1cc(Cl)c(C)cc1S(=O)(=O)N[C@H](C(=O)OC(C)(C)C)C(C)c1c(F)ccc(C)c1C. The maximum atomic E-state index is 14.9. The third kappa shape index (κ3) is 6.25. The van der Waals surface area contributed by atoms with Crippen LogP contribution in [0.1, 0.15) is 55.9 Å². The van der Waals surface area contributed by atoms with Crippen molar-refractivity contribution in [3.8, 4) is 0 Å². The number of ether oxygens (including phenoxy) is 1. The van der Waals surface area contributed by atoms with E-state index < -0.39 is 39.4 Å². The van der Waals surface area contributed by atoms with Crippen LogP contribution < -0.4 is 10.0 Å². The molecule has 0 saturated carbocycles. The summed E-state index contributed by atoms with van der Waals surface area (Å²) in [6.45, 7) is 11.9. The Morgan fingerprint density at radius 2 is 1.73 bits per heavy atom. The van der Waals surface area contributed by atoms with Crippen molar-refractivity contribution in [1.82, 2.24) is 4.72 Å². The summed E-state index contributed by atoms with van der Waals surface area (Å²) < 4.78 is 49.7. The van der Waals surface area contributed by atoms with Crippen LogP contribution in [0.25, 0.3) is 0 Å². The molecule has 0 aliphatic rings. The Labute approximate surface area is 200 Å². The van der Waals surface area contributed by atoms with Crippen molar-refractivity contribution in [2.45, 2.75) is 70.9 Å². The summed E-state index contributed by atoms with van der Waals surface area (Å²) in [5.74, 6) is -2.16. The predicted molar refractivity (Wildman–Crippen MR) is 130 cm³/mol. The van der Waals surface area contributed by atoms with Gasteiger partial charge < -0.3 is 10.1 Å². The molecule has 0 amide bonds. The van der Waals surface area contributed by atoms with Gasteiger partial charge in [0.1, 0.15) is 22.4 Å². The summed E-state index contributed by atoms with van der Waals surface area (Å²) in [5, 5.41) is 3.21. The molecular weight excluding hydrogens is 467 g/mol. The van der Waals surface area contributed by atoms with Gasteiger partial charge in [0.2, 0.25) is 10.0 Å². The van der Waals surface area contributed by atoms with E-state index in [1.807, 2.05) is 6.92 Å². The lowest BCUT2D eigenvalue weighted by molar-refractivity contribution is -0.157. The first-order valence-electron chi connectivity index (χ1n) is 10.6. The van der Waals surface area contributed by atoms with Gasteiger partial charge in [-0.25, -0.2) is 12.8 Å². The number of aryl methyl sites for hydroxylation is 2. The molecule has 1 unspecified atom stereocenters. The minimum absolute atomic E-state index is 0.0749. The molecule has 2 rings (SSSR count). The normalized spacial score (nSPS) is 14.0. The minimum Gasteiger partial charge on any atom is -0.459 e. The zero-order chi connectivity index (χ0) is 25.3. The highest BCUT2D eigenvalue weighted by atomic mass is 35.5. The van der Waals surface area contributed by atoms with E-state index in [0.29, 0.717) is 16.1 Å². The van der Waals surface area contributed by atoms with Gasteiger partial charge in [0.25, 0.3) is 0 Å². The molecule has 33 heavy (non-hydrogen) atoms. The first-order valence-corrected chi connectivity index (χ1v) is 12.4. The second kappa shape index (κ2) is 9.99. The Kier molecular flexibility index (Phi) is 8.20. The number of rotatable bonds is 7. The summed E-state index contributed by atoms with van der Waals surface area (Å²) in [7, 11) is -2.66. The van der Waals surface area contributed by atoms with Crippen LogP contribution in [0.15, 0.2) is 29.2 Å². The fourth-order valence-corrected chi connectivity index (χ4v) is 5.26. The van der Waals surface area contributed by atoms with Gasteiger partial charge in [0, 0.05) is 18.0 Å². The lowest BCUT2D eigenvalue weighted by Gasteiger charge is -2.29. The lowest BCUT2D eigenvalue weighted by Crippen LogP contribution is -2.47. The van der Waals surface area contributed by atoms with Crippen molar-refractivity contribution in [1.29, 1.82) is 0 Å². The van der Waals surface area contributed by atoms with Crippen LogP contribution in [-0.4, -0.2) is 33.1 Å².